The molecule has 0 radical (unpaired) electrons. The van der Waals surface area contributed by atoms with Gasteiger partial charge in [-0.1, -0.05) is 42.0 Å². The highest BCUT2D eigenvalue weighted by atomic mass is 16.1. The number of hydrogen-bond donors (Lipinski definition) is 1. The molecule has 92 valence electrons. The zero-order valence-corrected chi connectivity index (χ0v) is 10.7. The molecule has 2 aromatic carbocycles. The number of ketones is 1. The third kappa shape index (κ3) is 2.49. The monoisotopic (exact) mass is 239 g/mol. The number of carbonyl (C=O) groups is 1. The molecule has 0 aromatic heterocycles. The lowest BCUT2D eigenvalue weighted by atomic mass is 9.96. The van der Waals surface area contributed by atoms with Gasteiger partial charge in [0.2, 0.25) is 0 Å². The highest BCUT2D eigenvalue weighted by Gasteiger charge is 2.07. The second-order valence-corrected chi connectivity index (χ2v) is 4.50. The third-order valence-corrected chi connectivity index (χ3v) is 3.09. The van der Waals surface area contributed by atoms with E-state index in [9.17, 15) is 4.79 Å². The molecule has 0 aliphatic carbocycles. The molecule has 0 bridgehead atoms. The number of benzene rings is 2. The molecule has 0 saturated heterocycles. The second-order valence-electron chi connectivity index (χ2n) is 4.50. The van der Waals surface area contributed by atoms with Crippen molar-refractivity contribution < 1.29 is 4.79 Å². The first-order valence-electron chi connectivity index (χ1n) is 6.03. The normalized spacial score (nSPS) is 10.4. The molecular weight excluding hydrogens is 222 g/mol. The second kappa shape index (κ2) is 5.15. The van der Waals surface area contributed by atoms with E-state index in [4.69, 9.17) is 5.73 Å². The van der Waals surface area contributed by atoms with Gasteiger partial charge in [-0.2, -0.15) is 0 Å². The Bertz CT molecular complexity index is 570. The van der Waals surface area contributed by atoms with Crippen molar-refractivity contribution in [2.45, 2.75) is 20.4 Å². The molecule has 0 aliphatic heterocycles. The van der Waals surface area contributed by atoms with E-state index >= 15 is 0 Å². The van der Waals surface area contributed by atoms with Crippen molar-refractivity contribution in [3.63, 3.8) is 0 Å². The van der Waals surface area contributed by atoms with Crippen molar-refractivity contribution in [3.8, 4) is 11.1 Å². The Hall–Kier alpha value is -1.93. The van der Waals surface area contributed by atoms with Crippen LogP contribution in [0.4, 0.5) is 0 Å². The average Bonchev–Trinajstić information content (AvgIpc) is 2.39. The zero-order valence-electron chi connectivity index (χ0n) is 10.7. The molecule has 2 nitrogen and oxygen atoms in total. The summed E-state index contributed by atoms with van der Waals surface area (Å²) in [5.74, 6) is 0.0696. The largest absolute Gasteiger partial charge is 0.326 e. The van der Waals surface area contributed by atoms with Gasteiger partial charge in [0.1, 0.15) is 0 Å². The summed E-state index contributed by atoms with van der Waals surface area (Å²) in [4.78, 5) is 11.4. The Balaban J connectivity index is 2.50. The first-order chi connectivity index (χ1) is 8.61. The fourth-order valence-electron chi connectivity index (χ4n) is 2.00. The summed E-state index contributed by atoms with van der Waals surface area (Å²) in [6.45, 7) is 4.07. The van der Waals surface area contributed by atoms with Gasteiger partial charge in [-0.05, 0) is 36.6 Å². The number of carbonyl (C=O) groups excluding carboxylic acids is 1. The van der Waals surface area contributed by atoms with E-state index in [1.165, 1.54) is 5.56 Å². The van der Waals surface area contributed by atoms with E-state index in [0.29, 0.717) is 12.1 Å². The van der Waals surface area contributed by atoms with Gasteiger partial charge in [-0.25, -0.2) is 0 Å². The van der Waals surface area contributed by atoms with Gasteiger partial charge >= 0.3 is 0 Å². The minimum atomic E-state index is 0.0696. The fraction of sp³-hybridized carbons (Fsp3) is 0.188. The summed E-state index contributed by atoms with van der Waals surface area (Å²) >= 11 is 0. The topological polar surface area (TPSA) is 43.1 Å². The standard InChI is InChI=1S/C16H17NO/c1-11-3-5-13(6-4-11)16-8-7-14(12(2)18)9-15(16)10-17/h3-9H,10,17H2,1-2H3. The maximum atomic E-state index is 11.4. The van der Waals surface area contributed by atoms with E-state index in [1.807, 2.05) is 18.2 Å². The van der Waals surface area contributed by atoms with Crippen LogP contribution in [0, 0.1) is 6.92 Å². The first-order valence-corrected chi connectivity index (χ1v) is 6.03. The molecule has 0 spiro atoms. The highest BCUT2D eigenvalue weighted by Crippen LogP contribution is 2.25. The summed E-state index contributed by atoms with van der Waals surface area (Å²) in [5, 5.41) is 0. The maximum Gasteiger partial charge on any atom is 0.159 e. The number of aryl methyl sites for hydroxylation is 1. The summed E-state index contributed by atoms with van der Waals surface area (Å²) in [6, 6.07) is 14.0. The van der Waals surface area contributed by atoms with Crippen LogP contribution in [0.5, 0.6) is 0 Å². The quantitative estimate of drug-likeness (QED) is 0.835. The van der Waals surface area contributed by atoms with Crippen LogP contribution in [-0.4, -0.2) is 5.78 Å². The number of nitrogens with two attached hydrogens (primary N) is 1. The lowest BCUT2D eigenvalue weighted by molar-refractivity contribution is 0.101. The Morgan fingerprint density at radius 1 is 1.11 bits per heavy atom. The number of hydrogen-bond acceptors (Lipinski definition) is 2. The minimum Gasteiger partial charge on any atom is -0.326 e. The van der Waals surface area contributed by atoms with Gasteiger partial charge in [0, 0.05) is 12.1 Å². The van der Waals surface area contributed by atoms with Crippen LogP contribution in [0.15, 0.2) is 42.5 Å². The molecular formula is C16H17NO. The van der Waals surface area contributed by atoms with Crippen LogP contribution in [0.2, 0.25) is 0 Å². The molecule has 18 heavy (non-hydrogen) atoms. The van der Waals surface area contributed by atoms with Gasteiger partial charge in [-0.3, -0.25) is 4.79 Å². The molecule has 0 aliphatic rings. The average molecular weight is 239 g/mol. The molecule has 2 aromatic rings. The molecule has 2 rings (SSSR count). The van der Waals surface area contributed by atoms with Crippen molar-refractivity contribution >= 4 is 5.78 Å². The molecule has 0 atom stereocenters. The molecule has 2 N–H and O–H groups in total. The van der Waals surface area contributed by atoms with E-state index in [1.54, 1.807) is 6.92 Å². The minimum absolute atomic E-state index is 0.0696. The van der Waals surface area contributed by atoms with Crippen LogP contribution in [0.3, 0.4) is 0 Å². The lowest BCUT2D eigenvalue weighted by Crippen LogP contribution is -2.02. The van der Waals surface area contributed by atoms with Gasteiger partial charge in [0.05, 0.1) is 0 Å². The number of rotatable bonds is 3. The lowest BCUT2D eigenvalue weighted by Gasteiger charge is -2.10. The van der Waals surface area contributed by atoms with Crippen molar-refractivity contribution in [2.24, 2.45) is 5.73 Å². The molecule has 0 fully saturated rings. The third-order valence-electron chi connectivity index (χ3n) is 3.09. The zero-order chi connectivity index (χ0) is 13.1. The van der Waals surface area contributed by atoms with Crippen molar-refractivity contribution in [1.82, 2.24) is 0 Å². The Morgan fingerprint density at radius 2 is 1.78 bits per heavy atom. The van der Waals surface area contributed by atoms with E-state index in [-0.39, 0.29) is 5.78 Å². The fourth-order valence-corrected chi connectivity index (χ4v) is 2.00. The van der Waals surface area contributed by atoms with Crippen LogP contribution in [-0.2, 0) is 6.54 Å². The van der Waals surface area contributed by atoms with Crippen LogP contribution in [0.25, 0.3) is 11.1 Å². The Labute approximate surface area is 107 Å². The van der Waals surface area contributed by atoms with Crippen molar-refractivity contribution in [3.05, 3.63) is 59.2 Å². The highest BCUT2D eigenvalue weighted by molar-refractivity contribution is 5.95. The Kier molecular flexibility index (Phi) is 3.58. The molecule has 0 saturated carbocycles. The van der Waals surface area contributed by atoms with Gasteiger partial charge in [0.25, 0.3) is 0 Å². The predicted molar refractivity (Wildman–Crippen MR) is 74.5 cm³/mol. The molecule has 2 heteroatoms. The van der Waals surface area contributed by atoms with Gasteiger partial charge in [0.15, 0.2) is 5.78 Å². The first kappa shape index (κ1) is 12.5. The molecule has 0 heterocycles. The summed E-state index contributed by atoms with van der Waals surface area (Å²) in [5.41, 5.74) is 11.0. The smallest absolute Gasteiger partial charge is 0.159 e. The summed E-state index contributed by atoms with van der Waals surface area (Å²) in [7, 11) is 0. The predicted octanol–water partition coefficient (Wildman–Crippen LogP) is 3.32. The van der Waals surface area contributed by atoms with E-state index < -0.39 is 0 Å². The van der Waals surface area contributed by atoms with Gasteiger partial charge < -0.3 is 5.73 Å². The Morgan fingerprint density at radius 3 is 2.33 bits per heavy atom. The van der Waals surface area contributed by atoms with Crippen LogP contribution in [0.1, 0.15) is 28.4 Å². The number of Topliss-reactive ketones (excluding diaryl/α,β-unsaturated/α-hetero) is 1. The van der Waals surface area contributed by atoms with Crippen LogP contribution >= 0.6 is 0 Å². The van der Waals surface area contributed by atoms with E-state index in [0.717, 1.165) is 16.7 Å². The summed E-state index contributed by atoms with van der Waals surface area (Å²) < 4.78 is 0. The molecule has 0 unspecified atom stereocenters. The summed E-state index contributed by atoms with van der Waals surface area (Å²) in [6.07, 6.45) is 0. The van der Waals surface area contributed by atoms with Crippen molar-refractivity contribution in [2.75, 3.05) is 0 Å². The molecule has 0 amide bonds. The van der Waals surface area contributed by atoms with Crippen molar-refractivity contribution in [1.29, 1.82) is 0 Å². The van der Waals surface area contributed by atoms with Crippen LogP contribution < -0.4 is 5.73 Å². The maximum absolute atomic E-state index is 11.4. The SMILES string of the molecule is CC(=O)c1ccc(-c2ccc(C)cc2)c(CN)c1. The van der Waals surface area contributed by atoms with E-state index in [2.05, 4.69) is 31.2 Å². The van der Waals surface area contributed by atoms with Gasteiger partial charge in [-0.15, -0.1) is 0 Å².